The Morgan fingerprint density at radius 3 is 1.46 bits per heavy atom. The average molecular weight is 730 g/mol. The molecule has 0 saturated carbocycles. The van der Waals surface area contributed by atoms with Gasteiger partial charge in [-0.3, -0.25) is 9.36 Å². The molecule has 0 amide bonds. The molecule has 6 heteroatoms. The summed E-state index contributed by atoms with van der Waals surface area (Å²) in [5.74, 6) is 1.82. The third kappa shape index (κ3) is 8.92. The van der Waals surface area contributed by atoms with Crippen LogP contribution in [-0.2, 0) is 37.4 Å². The van der Waals surface area contributed by atoms with Crippen molar-refractivity contribution < 1.29 is 18.4 Å². The Morgan fingerprint density at radius 2 is 1.08 bits per heavy atom. The highest BCUT2D eigenvalue weighted by Crippen LogP contribution is 2.55. The smallest absolute Gasteiger partial charge is 0.417 e. The fourth-order valence-corrected chi connectivity index (χ4v) is 9.09. The van der Waals surface area contributed by atoms with E-state index < -0.39 is 8.60 Å². The molecule has 0 N–H and O–H groups in total. The summed E-state index contributed by atoms with van der Waals surface area (Å²) in [5.41, 5.74) is 7.62. The standard InChI is InChI=1S/C46H68NO4P/c1-30(31-21-19-18-20-22-31)48-47-45(14,15)28-36(29-46(47,16)17)49-52-50-39-32(24-34(41(2,3)4)26-37(39)43(8,9)10)23-33-25-35(42(5,6)7)27-38(40(33)51-52)44(11,12)13/h18-22,24-27,30,36H,23,28-29H2,1-17H3. The summed E-state index contributed by atoms with van der Waals surface area (Å²) < 4.78 is 21.5. The van der Waals surface area contributed by atoms with Gasteiger partial charge in [-0.2, -0.15) is 5.06 Å². The van der Waals surface area contributed by atoms with E-state index in [0.29, 0.717) is 0 Å². The highest BCUT2D eigenvalue weighted by molar-refractivity contribution is 7.42. The Hall–Kier alpha value is -2.43. The van der Waals surface area contributed by atoms with E-state index in [-0.39, 0.29) is 44.9 Å². The van der Waals surface area contributed by atoms with Crippen molar-refractivity contribution in [3.63, 3.8) is 0 Å². The summed E-state index contributed by atoms with van der Waals surface area (Å²) in [6, 6.07) is 19.9. The SMILES string of the molecule is CC(ON1C(C)(C)CC(OP2Oc3c(cc(C(C)(C)C)cc3C(C)(C)C)Cc3cc(C(C)(C)C)cc(C(C)(C)C)c3O2)CC1(C)C)c1ccccc1. The molecule has 5 nitrogen and oxygen atoms in total. The van der Waals surface area contributed by atoms with Gasteiger partial charge in [0, 0.05) is 28.6 Å². The highest BCUT2D eigenvalue weighted by Gasteiger charge is 2.49. The molecule has 0 radical (unpaired) electrons. The van der Waals surface area contributed by atoms with E-state index in [1.54, 1.807) is 0 Å². The maximum absolute atomic E-state index is 7.16. The summed E-state index contributed by atoms with van der Waals surface area (Å²) in [7, 11) is -1.82. The monoisotopic (exact) mass is 729 g/mol. The van der Waals surface area contributed by atoms with Crippen molar-refractivity contribution in [2.45, 2.75) is 182 Å². The van der Waals surface area contributed by atoms with Gasteiger partial charge < -0.3 is 9.05 Å². The minimum Gasteiger partial charge on any atom is -0.417 e. The van der Waals surface area contributed by atoms with Crippen LogP contribution in [0.3, 0.4) is 0 Å². The molecule has 1 atom stereocenters. The van der Waals surface area contributed by atoms with E-state index in [4.69, 9.17) is 18.4 Å². The maximum atomic E-state index is 7.16. The van der Waals surface area contributed by atoms with Crippen molar-refractivity contribution in [3.05, 3.63) is 93.5 Å². The van der Waals surface area contributed by atoms with E-state index in [1.807, 2.05) is 6.07 Å². The van der Waals surface area contributed by atoms with Crippen LogP contribution in [0.5, 0.6) is 11.5 Å². The van der Waals surface area contributed by atoms with Crippen LogP contribution in [-0.4, -0.2) is 22.2 Å². The molecule has 52 heavy (non-hydrogen) atoms. The molecule has 0 bridgehead atoms. The number of rotatable bonds is 5. The fraction of sp³-hybridized carbons (Fsp3) is 0.609. The second-order valence-electron chi connectivity index (χ2n) is 20.8. The molecular formula is C46H68NO4P. The lowest BCUT2D eigenvalue weighted by Gasteiger charge is -2.54. The lowest BCUT2D eigenvalue weighted by atomic mass is 9.76. The first-order valence-electron chi connectivity index (χ1n) is 19.4. The number of hydrogen-bond acceptors (Lipinski definition) is 5. The third-order valence-corrected chi connectivity index (χ3v) is 11.8. The van der Waals surface area contributed by atoms with Crippen LogP contribution >= 0.6 is 8.60 Å². The van der Waals surface area contributed by atoms with Gasteiger partial charge in [0.25, 0.3) is 0 Å². The normalized spacial score (nSPS) is 19.5. The molecule has 5 rings (SSSR count). The van der Waals surface area contributed by atoms with Crippen molar-refractivity contribution in [1.29, 1.82) is 0 Å². The van der Waals surface area contributed by atoms with E-state index in [0.717, 1.165) is 36.3 Å². The average Bonchev–Trinajstić information content (AvgIpc) is 2.97. The van der Waals surface area contributed by atoms with Crippen LogP contribution in [0.25, 0.3) is 0 Å². The molecule has 1 saturated heterocycles. The predicted octanol–water partition coefficient (Wildman–Crippen LogP) is 13.2. The first-order valence-corrected chi connectivity index (χ1v) is 20.5. The predicted molar refractivity (Wildman–Crippen MR) is 219 cm³/mol. The largest absolute Gasteiger partial charge is 0.463 e. The molecule has 2 heterocycles. The van der Waals surface area contributed by atoms with Gasteiger partial charge in [0.15, 0.2) is 0 Å². The van der Waals surface area contributed by atoms with Crippen LogP contribution in [0.1, 0.15) is 176 Å². The number of nitrogens with zero attached hydrogens (tertiary/aromatic N) is 1. The second kappa shape index (κ2) is 14.0. The van der Waals surface area contributed by atoms with Crippen LogP contribution in [0.15, 0.2) is 54.6 Å². The van der Waals surface area contributed by atoms with Gasteiger partial charge in [0.1, 0.15) is 17.6 Å². The van der Waals surface area contributed by atoms with Crippen molar-refractivity contribution in [2.75, 3.05) is 0 Å². The molecule has 0 spiro atoms. The molecular weight excluding hydrogens is 661 g/mol. The minimum absolute atomic E-state index is 0.0208. The van der Waals surface area contributed by atoms with Crippen molar-refractivity contribution >= 4 is 8.60 Å². The van der Waals surface area contributed by atoms with Crippen molar-refractivity contribution in [1.82, 2.24) is 5.06 Å². The molecule has 3 aromatic rings. The third-order valence-electron chi connectivity index (χ3n) is 10.7. The van der Waals surface area contributed by atoms with E-state index in [1.165, 1.54) is 33.4 Å². The van der Waals surface area contributed by atoms with Crippen LogP contribution in [0, 0.1) is 0 Å². The zero-order valence-corrected chi connectivity index (χ0v) is 36.4. The number of piperidine rings is 1. The highest BCUT2D eigenvalue weighted by atomic mass is 31.2. The topological polar surface area (TPSA) is 40.2 Å². The quantitative estimate of drug-likeness (QED) is 0.245. The zero-order chi connectivity index (χ0) is 38.8. The Bertz CT molecular complexity index is 1630. The van der Waals surface area contributed by atoms with Crippen LogP contribution < -0.4 is 9.05 Å². The van der Waals surface area contributed by atoms with Crippen molar-refractivity contribution in [3.8, 4) is 11.5 Å². The minimum atomic E-state index is -1.82. The van der Waals surface area contributed by atoms with Gasteiger partial charge in [-0.1, -0.05) is 138 Å². The van der Waals surface area contributed by atoms with Gasteiger partial charge in [0.2, 0.25) is 0 Å². The Labute approximate surface area is 318 Å². The zero-order valence-electron chi connectivity index (χ0n) is 35.5. The molecule has 2 aliphatic rings. The molecule has 0 aromatic heterocycles. The lowest BCUT2D eigenvalue weighted by Crippen LogP contribution is -2.61. The molecule has 0 aliphatic carbocycles. The first kappa shape index (κ1) is 40.7. The number of hydrogen-bond donors (Lipinski definition) is 0. The van der Waals surface area contributed by atoms with E-state index >= 15 is 0 Å². The number of benzene rings is 3. The number of hydroxylamine groups is 2. The summed E-state index contributed by atoms with van der Waals surface area (Å²) in [6.45, 7) is 38.6. The second-order valence-corrected chi connectivity index (χ2v) is 21.8. The van der Waals surface area contributed by atoms with Crippen molar-refractivity contribution in [2.24, 2.45) is 0 Å². The van der Waals surface area contributed by atoms with Crippen LogP contribution in [0.4, 0.5) is 0 Å². The fourth-order valence-electron chi connectivity index (χ4n) is 7.85. The summed E-state index contributed by atoms with van der Waals surface area (Å²) >= 11 is 0. The molecule has 286 valence electrons. The molecule has 1 unspecified atom stereocenters. The van der Waals surface area contributed by atoms with Gasteiger partial charge in [0.05, 0.1) is 6.10 Å². The molecule has 2 aliphatic heterocycles. The summed E-state index contributed by atoms with van der Waals surface area (Å²) in [5, 5.41) is 2.21. The Balaban J connectivity index is 1.61. The van der Waals surface area contributed by atoms with Gasteiger partial charge in [-0.05, 0) is 96.9 Å². The van der Waals surface area contributed by atoms with Gasteiger partial charge in [-0.25, -0.2) is 0 Å². The summed E-state index contributed by atoms with van der Waals surface area (Å²) in [6.07, 6.45) is 2.09. The lowest BCUT2D eigenvalue weighted by molar-refractivity contribution is -0.312. The van der Waals surface area contributed by atoms with Gasteiger partial charge >= 0.3 is 8.60 Å². The van der Waals surface area contributed by atoms with E-state index in [9.17, 15) is 0 Å². The van der Waals surface area contributed by atoms with Gasteiger partial charge in [-0.15, -0.1) is 0 Å². The first-order chi connectivity index (χ1) is 23.7. The number of fused-ring (bicyclic) bond motifs is 2. The molecule has 3 aromatic carbocycles. The Morgan fingerprint density at radius 1 is 0.654 bits per heavy atom. The molecule has 1 fully saturated rings. The maximum Gasteiger partial charge on any atom is 0.463 e. The summed E-state index contributed by atoms with van der Waals surface area (Å²) in [4.78, 5) is 6.78. The van der Waals surface area contributed by atoms with E-state index in [2.05, 4.69) is 171 Å². The van der Waals surface area contributed by atoms with Crippen LogP contribution in [0.2, 0.25) is 0 Å². The Kier molecular flexibility index (Phi) is 11.0.